The highest BCUT2D eigenvalue weighted by Crippen LogP contribution is 2.48. The fraction of sp³-hybridized carbons (Fsp3) is 1.00. The second-order valence-electron chi connectivity index (χ2n) is 13.8. The van der Waals surface area contributed by atoms with Crippen molar-refractivity contribution in [2.45, 2.75) is 141 Å². The van der Waals surface area contributed by atoms with Crippen LogP contribution in [-0.2, 0) is 0 Å². The molecule has 1 spiro atoms. The summed E-state index contributed by atoms with van der Waals surface area (Å²) >= 11 is 0. The van der Waals surface area contributed by atoms with Crippen molar-refractivity contribution < 1.29 is 0 Å². The molecule has 6 nitrogen and oxygen atoms in total. The molecule has 0 aromatic heterocycles. The molecule has 6 rings (SSSR count). The zero-order valence-electron chi connectivity index (χ0n) is 23.8. The van der Waals surface area contributed by atoms with Crippen LogP contribution in [0, 0.1) is 17.3 Å². The highest BCUT2D eigenvalue weighted by atomic mass is 15.2. The summed E-state index contributed by atoms with van der Waals surface area (Å²) in [5, 5.41) is 0. The smallest absolute Gasteiger partial charge is 0.0117 e. The topological polar surface area (TPSA) is 87.8 Å². The Hall–Kier alpha value is -0.240. The highest BCUT2D eigenvalue weighted by Gasteiger charge is 2.46. The van der Waals surface area contributed by atoms with E-state index < -0.39 is 0 Å². The predicted octanol–water partition coefficient (Wildman–Crippen LogP) is 3.23. The van der Waals surface area contributed by atoms with Gasteiger partial charge in [0.2, 0.25) is 0 Å². The van der Waals surface area contributed by atoms with Crippen LogP contribution in [0.15, 0.2) is 0 Å². The van der Waals surface area contributed by atoms with Gasteiger partial charge in [-0.3, -0.25) is 9.80 Å². The van der Waals surface area contributed by atoms with Crippen molar-refractivity contribution >= 4 is 0 Å². The van der Waals surface area contributed by atoms with Crippen molar-refractivity contribution in [3.05, 3.63) is 0 Å². The summed E-state index contributed by atoms with van der Waals surface area (Å²) in [4.78, 5) is 7.79. The van der Waals surface area contributed by atoms with E-state index in [-0.39, 0.29) is 0 Å². The minimum atomic E-state index is 0.509. The SMILES string of the molecule is CC(C)N1CCC2(CCC2N)CC1.CC(C)N1C[C@@H]2C[C@H]1CC2N.CC(C)N1C[C@@H]2C[C@H]1C[C@@H]2N. The van der Waals surface area contributed by atoms with E-state index in [0.717, 1.165) is 36.0 Å². The molecule has 2 unspecified atom stereocenters. The summed E-state index contributed by atoms with van der Waals surface area (Å²) in [5.74, 6) is 1.62. The molecule has 0 radical (unpaired) electrons. The largest absolute Gasteiger partial charge is 0.327 e. The Kier molecular flexibility index (Phi) is 8.93. The lowest BCUT2D eigenvalue weighted by Crippen LogP contribution is -2.56. The quantitative estimate of drug-likeness (QED) is 0.563. The maximum Gasteiger partial charge on any atom is 0.0117 e. The van der Waals surface area contributed by atoms with Crippen LogP contribution >= 0.6 is 0 Å². The molecule has 3 saturated heterocycles. The molecule has 6 aliphatic rings. The van der Waals surface area contributed by atoms with E-state index in [1.807, 2.05) is 0 Å². The number of rotatable bonds is 3. The van der Waals surface area contributed by atoms with Crippen molar-refractivity contribution in [1.82, 2.24) is 14.7 Å². The average Bonchev–Trinajstić information content (AvgIpc) is 3.59. The van der Waals surface area contributed by atoms with Crippen molar-refractivity contribution in [1.29, 1.82) is 0 Å². The first kappa shape index (κ1) is 27.8. The Balaban J connectivity index is 0.000000124. The van der Waals surface area contributed by atoms with E-state index in [0.29, 0.717) is 29.6 Å². The number of nitrogens with zero attached hydrogens (tertiary/aromatic N) is 3. The number of nitrogens with two attached hydrogens (primary N) is 3. The fourth-order valence-electron chi connectivity index (χ4n) is 8.15. The van der Waals surface area contributed by atoms with E-state index in [9.17, 15) is 0 Å². The summed E-state index contributed by atoms with van der Waals surface area (Å²) < 4.78 is 0. The Morgan fingerprint density at radius 3 is 1.31 bits per heavy atom. The molecule has 3 saturated carbocycles. The molecule has 0 amide bonds. The van der Waals surface area contributed by atoms with Gasteiger partial charge >= 0.3 is 0 Å². The molecule has 6 fully saturated rings. The van der Waals surface area contributed by atoms with E-state index >= 15 is 0 Å². The molecule has 4 bridgehead atoms. The predicted molar refractivity (Wildman–Crippen MR) is 148 cm³/mol. The van der Waals surface area contributed by atoms with Crippen LogP contribution in [0.25, 0.3) is 0 Å². The monoisotopic (exact) mass is 490 g/mol. The van der Waals surface area contributed by atoms with Gasteiger partial charge in [0.1, 0.15) is 0 Å². The minimum absolute atomic E-state index is 0.509. The molecule has 6 heteroatoms. The van der Waals surface area contributed by atoms with Gasteiger partial charge in [-0.2, -0.15) is 0 Å². The summed E-state index contributed by atoms with van der Waals surface area (Å²) in [6.45, 7) is 18.8. The number of hydrogen-bond donors (Lipinski definition) is 3. The standard InChI is InChI=1S/C11H22N2.2C9H18N2/c1-9(2)13-7-5-11(6-8-13)4-3-10(11)12;2*1-6(2)11-5-7-3-8(11)4-9(7)10/h9-10H,3-8,12H2,1-2H3;2*6-9H,3-5,10H2,1-2H3/t;7-,8-,9?;7-,8-,9-/m.00/s1. The van der Waals surface area contributed by atoms with Gasteiger partial charge in [0.05, 0.1) is 0 Å². The van der Waals surface area contributed by atoms with Gasteiger partial charge in [0.15, 0.2) is 0 Å². The zero-order chi connectivity index (χ0) is 25.5. The fourth-order valence-corrected chi connectivity index (χ4v) is 8.15. The van der Waals surface area contributed by atoms with Crippen LogP contribution in [0.5, 0.6) is 0 Å². The molecule has 0 aromatic rings. The summed E-state index contributed by atoms with van der Waals surface area (Å²) in [5.41, 5.74) is 18.6. The van der Waals surface area contributed by atoms with Gasteiger partial charge in [0, 0.05) is 61.4 Å². The molecule has 3 heterocycles. The van der Waals surface area contributed by atoms with E-state index in [1.54, 1.807) is 0 Å². The third-order valence-electron chi connectivity index (χ3n) is 10.9. The number of piperidine rings is 3. The van der Waals surface area contributed by atoms with Gasteiger partial charge in [-0.05, 0) is 123 Å². The van der Waals surface area contributed by atoms with Gasteiger partial charge in [-0.15, -0.1) is 0 Å². The summed E-state index contributed by atoms with van der Waals surface area (Å²) in [6.07, 6.45) is 10.5. The third kappa shape index (κ3) is 5.93. The average molecular weight is 491 g/mol. The summed E-state index contributed by atoms with van der Waals surface area (Å²) in [7, 11) is 0. The van der Waals surface area contributed by atoms with Crippen molar-refractivity contribution in [2.75, 3.05) is 26.2 Å². The van der Waals surface area contributed by atoms with Gasteiger partial charge in [-0.25, -0.2) is 0 Å². The third-order valence-corrected chi connectivity index (χ3v) is 10.9. The Morgan fingerprint density at radius 1 is 0.629 bits per heavy atom. The molecule has 35 heavy (non-hydrogen) atoms. The molecule has 204 valence electrons. The maximum atomic E-state index is 6.09. The molecular weight excluding hydrogens is 432 g/mol. The van der Waals surface area contributed by atoms with Crippen LogP contribution in [0.1, 0.15) is 92.9 Å². The van der Waals surface area contributed by atoms with Crippen LogP contribution in [-0.4, -0.2) is 89.2 Å². The number of hydrogen-bond acceptors (Lipinski definition) is 6. The van der Waals surface area contributed by atoms with Crippen LogP contribution in [0.3, 0.4) is 0 Å². The first-order chi connectivity index (χ1) is 16.5. The Bertz CT molecular complexity index is 632. The minimum Gasteiger partial charge on any atom is -0.327 e. The van der Waals surface area contributed by atoms with Crippen molar-refractivity contribution in [2.24, 2.45) is 34.5 Å². The van der Waals surface area contributed by atoms with Crippen molar-refractivity contribution in [3.63, 3.8) is 0 Å². The second-order valence-corrected chi connectivity index (χ2v) is 13.8. The molecule has 3 aliphatic heterocycles. The molecule has 6 N–H and O–H groups in total. The van der Waals surface area contributed by atoms with Crippen LogP contribution in [0.2, 0.25) is 0 Å². The first-order valence-electron chi connectivity index (χ1n) is 15.0. The molecule has 7 atom stereocenters. The van der Waals surface area contributed by atoms with Gasteiger partial charge in [0.25, 0.3) is 0 Å². The lowest BCUT2D eigenvalue weighted by atomic mass is 9.59. The molecule has 0 aromatic carbocycles. The number of fused-ring (bicyclic) bond motifs is 4. The highest BCUT2D eigenvalue weighted by molar-refractivity contribution is 5.02. The maximum absolute atomic E-state index is 6.09. The van der Waals surface area contributed by atoms with Gasteiger partial charge in [-0.1, -0.05) is 0 Å². The van der Waals surface area contributed by atoms with E-state index in [1.165, 1.54) is 77.5 Å². The Morgan fingerprint density at radius 2 is 1.09 bits per heavy atom. The molecule has 3 aliphatic carbocycles. The Labute approximate surface area is 216 Å². The lowest BCUT2D eigenvalue weighted by Gasteiger charge is -2.53. The summed E-state index contributed by atoms with van der Waals surface area (Å²) in [6, 6.07) is 5.32. The van der Waals surface area contributed by atoms with Crippen molar-refractivity contribution in [3.8, 4) is 0 Å². The van der Waals surface area contributed by atoms with Crippen LogP contribution < -0.4 is 17.2 Å². The zero-order valence-corrected chi connectivity index (χ0v) is 23.8. The van der Waals surface area contributed by atoms with Gasteiger partial charge < -0.3 is 22.1 Å². The lowest BCUT2D eigenvalue weighted by molar-refractivity contribution is 0.000907. The van der Waals surface area contributed by atoms with Crippen LogP contribution in [0.4, 0.5) is 0 Å². The van der Waals surface area contributed by atoms with E-state index in [4.69, 9.17) is 17.2 Å². The van der Waals surface area contributed by atoms with E-state index in [2.05, 4.69) is 56.2 Å². The second kappa shape index (κ2) is 11.2. The first-order valence-corrected chi connectivity index (χ1v) is 15.0. The number of likely N-dealkylation sites (tertiary alicyclic amines) is 3. The normalized spacial score (nSPS) is 40.3. The molecular formula is C29H58N6.